The first-order valence-corrected chi connectivity index (χ1v) is 11.4. The summed E-state index contributed by atoms with van der Waals surface area (Å²) in [6.07, 6.45) is 0.841. The third-order valence-corrected chi connectivity index (χ3v) is 7.07. The fraction of sp³-hybridized carbons (Fsp3) is 0.350. The van der Waals surface area contributed by atoms with Gasteiger partial charge in [0.05, 0.1) is 10.8 Å². The Morgan fingerprint density at radius 1 is 0.931 bits per heavy atom. The molecule has 9 heteroatoms. The molecule has 1 fully saturated rings. The summed E-state index contributed by atoms with van der Waals surface area (Å²) in [5.41, 5.74) is 0. The molecule has 0 spiro atoms. The van der Waals surface area contributed by atoms with Gasteiger partial charge < -0.3 is 9.47 Å². The highest BCUT2D eigenvalue weighted by Crippen LogP contribution is 2.25. The van der Waals surface area contributed by atoms with Crippen molar-refractivity contribution < 1.29 is 22.7 Å². The van der Waals surface area contributed by atoms with Crippen molar-refractivity contribution in [3.63, 3.8) is 0 Å². The van der Waals surface area contributed by atoms with Crippen LogP contribution in [0.15, 0.2) is 53.4 Å². The number of hydrogen-bond donors (Lipinski definition) is 0. The van der Waals surface area contributed by atoms with Gasteiger partial charge in [0.2, 0.25) is 10.0 Å². The largest absolute Gasteiger partial charge is 0.490 e. The minimum absolute atomic E-state index is 0.130. The van der Waals surface area contributed by atoms with Crippen LogP contribution < -0.4 is 4.74 Å². The van der Waals surface area contributed by atoms with Crippen molar-refractivity contribution in [2.24, 2.45) is 5.92 Å². The third-order valence-electron chi connectivity index (χ3n) is 4.65. The standard InChI is InChI=1S/C20H21Cl2NO5S/c21-16-1-5-18(6-2-16)27-13-14-28-20(24)15-9-11-23(12-10-15)29(25,26)19-7-3-17(22)4-8-19/h1-8,15H,9-14H2. The lowest BCUT2D eigenvalue weighted by molar-refractivity contribution is -0.150. The van der Waals surface area contributed by atoms with Crippen LogP contribution in [0.3, 0.4) is 0 Å². The molecule has 0 unspecified atom stereocenters. The van der Waals surface area contributed by atoms with E-state index in [1.165, 1.54) is 16.4 Å². The van der Waals surface area contributed by atoms with E-state index in [0.717, 1.165) is 0 Å². The molecule has 1 aliphatic rings. The van der Waals surface area contributed by atoms with Crippen LogP contribution in [-0.4, -0.2) is 45.0 Å². The molecule has 6 nitrogen and oxygen atoms in total. The Labute approximate surface area is 180 Å². The molecule has 1 saturated heterocycles. The number of sulfonamides is 1. The minimum atomic E-state index is -3.59. The average Bonchev–Trinajstić information content (AvgIpc) is 2.73. The van der Waals surface area contributed by atoms with Gasteiger partial charge in [-0.25, -0.2) is 8.42 Å². The quantitative estimate of drug-likeness (QED) is 0.463. The molecular weight excluding hydrogens is 437 g/mol. The number of carbonyl (C=O) groups is 1. The average molecular weight is 458 g/mol. The number of esters is 1. The van der Waals surface area contributed by atoms with Crippen molar-refractivity contribution >= 4 is 39.2 Å². The van der Waals surface area contributed by atoms with E-state index in [1.807, 2.05) is 0 Å². The van der Waals surface area contributed by atoms with E-state index in [0.29, 0.717) is 28.6 Å². The number of rotatable bonds is 7. The van der Waals surface area contributed by atoms with Crippen LogP contribution in [-0.2, 0) is 19.6 Å². The van der Waals surface area contributed by atoms with Gasteiger partial charge in [-0.3, -0.25) is 4.79 Å². The number of nitrogens with zero attached hydrogens (tertiary/aromatic N) is 1. The molecule has 29 heavy (non-hydrogen) atoms. The fourth-order valence-electron chi connectivity index (χ4n) is 3.04. The van der Waals surface area contributed by atoms with Gasteiger partial charge >= 0.3 is 5.97 Å². The van der Waals surface area contributed by atoms with Crippen LogP contribution in [0.1, 0.15) is 12.8 Å². The van der Waals surface area contributed by atoms with Crippen LogP contribution in [0.25, 0.3) is 0 Å². The van der Waals surface area contributed by atoms with E-state index in [-0.39, 0.29) is 43.1 Å². The third kappa shape index (κ3) is 5.85. The Bertz CT molecular complexity index is 924. The number of carbonyl (C=O) groups excluding carboxylic acids is 1. The first-order chi connectivity index (χ1) is 13.9. The SMILES string of the molecule is O=C(OCCOc1ccc(Cl)cc1)C1CCN(S(=O)(=O)c2ccc(Cl)cc2)CC1. The monoisotopic (exact) mass is 457 g/mol. The van der Waals surface area contributed by atoms with E-state index in [1.54, 1.807) is 36.4 Å². The molecule has 0 atom stereocenters. The molecular formula is C20H21Cl2NO5S. The van der Waals surface area contributed by atoms with Gasteiger partial charge in [-0.05, 0) is 61.4 Å². The van der Waals surface area contributed by atoms with Crippen LogP contribution >= 0.6 is 23.2 Å². The van der Waals surface area contributed by atoms with Crippen molar-refractivity contribution in [2.75, 3.05) is 26.3 Å². The highest BCUT2D eigenvalue weighted by molar-refractivity contribution is 7.89. The Morgan fingerprint density at radius 2 is 1.48 bits per heavy atom. The lowest BCUT2D eigenvalue weighted by Crippen LogP contribution is -2.40. The van der Waals surface area contributed by atoms with Gasteiger partial charge in [-0.15, -0.1) is 0 Å². The second kappa shape index (κ2) is 9.80. The summed E-state index contributed by atoms with van der Waals surface area (Å²) in [7, 11) is -3.59. The number of ether oxygens (including phenoxy) is 2. The molecule has 2 aromatic carbocycles. The molecule has 1 aliphatic heterocycles. The minimum Gasteiger partial charge on any atom is -0.490 e. The van der Waals surface area contributed by atoms with E-state index in [9.17, 15) is 13.2 Å². The molecule has 3 rings (SSSR count). The molecule has 0 radical (unpaired) electrons. The second-order valence-electron chi connectivity index (χ2n) is 6.60. The van der Waals surface area contributed by atoms with Gasteiger partial charge in [0.25, 0.3) is 0 Å². The molecule has 0 aromatic heterocycles. The molecule has 156 valence electrons. The highest BCUT2D eigenvalue weighted by atomic mass is 35.5. The van der Waals surface area contributed by atoms with Gasteiger partial charge in [0.15, 0.2) is 0 Å². The van der Waals surface area contributed by atoms with Crippen LogP contribution in [0.4, 0.5) is 0 Å². The summed E-state index contributed by atoms with van der Waals surface area (Å²) in [6, 6.07) is 13.0. The Morgan fingerprint density at radius 3 is 2.07 bits per heavy atom. The van der Waals surface area contributed by atoms with E-state index >= 15 is 0 Å². The number of piperidine rings is 1. The van der Waals surface area contributed by atoms with Crippen molar-refractivity contribution in [2.45, 2.75) is 17.7 Å². The maximum Gasteiger partial charge on any atom is 0.309 e. The highest BCUT2D eigenvalue weighted by Gasteiger charge is 2.32. The van der Waals surface area contributed by atoms with E-state index in [4.69, 9.17) is 32.7 Å². The summed E-state index contributed by atoms with van der Waals surface area (Å²) in [5, 5.41) is 1.10. The molecule has 0 bridgehead atoms. The van der Waals surface area contributed by atoms with Gasteiger partial charge in [-0.2, -0.15) is 4.31 Å². The normalized spacial score (nSPS) is 15.8. The molecule has 1 heterocycles. The van der Waals surface area contributed by atoms with Crippen LogP contribution in [0, 0.1) is 5.92 Å². The zero-order chi connectivity index (χ0) is 20.9. The summed E-state index contributed by atoms with van der Waals surface area (Å²) in [6.45, 7) is 0.903. The predicted octanol–water partition coefficient (Wildman–Crippen LogP) is 4.02. The van der Waals surface area contributed by atoms with Gasteiger partial charge in [-0.1, -0.05) is 23.2 Å². The summed E-state index contributed by atoms with van der Waals surface area (Å²) >= 11 is 11.6. The van der Waals surface area contributed by atoms with Crippen molar-refractivity contribution in [3.8, 4) is 5.75 Å². The van der Waals surface area contributed by atoms with Crippen molar-refractivity contribution in [1.82, 2.24) is 4.31 Å². The number of hydrogen-bond acceptors (Lipinski definition) is 5. The lowest BCUT2D eigenvalue weighted by Gasteiger charge is -2.30. The van der Waals surface area contributed by atoms with E-state index in [2.05, 4.69) is 0 Å². The summed E-state index contributed by atoms with van der Waals surface area (Å²) in [4.78, 5) is 12.4. The molecule has 2 aromatic rings. The lowest BCUT2D eigenvalue weighted by atomic mass is 9.98. The predicted molar refractivity (Wildman–Crippen MR) is 111 cm³/mol. The maximum absolute atomic E-state index is 12.7. The van der Waals surface area contributed by atoms with Crippen LogP contribution in [0.5, 0.6) is 5.75 Å². The molecule has 0 amide bonds. The fourth-order valence-corrected chi connectivity index (χ4v) is 4.76. The van der Waals surface area contributed by atoms with Crippen molar-refractivity contribution in [1.29, 1.82) is 0 Å². The Kier molecular flexibility index (Phi) is 7.40. The maximum atomic E-state index is 12.7. The topological polar surface area (TPSA) is 72.9 Å². The molecule has 0 N–H and O–H groups in total. The van der Waals surface area contributed by atoms with Crippen LogP contribution in [0.2, 0.25) is 10.0 Å². The molecule has 0 aliphatic carbocycles. The van der Waals surface area contributed by atoms with E-state index < -0.39 is 10.0 Å². The summed E-state index contributed by atoms with van der Waals surface area (Å²) < 4.78 is 37.5. The second-order valence-corrected chi connectivity index (χ2v) is 9.41. The first-order valence-electron chi connectivity index (χ1n) is 9.17. The smallest absolute Gasteiger partial charge is 0.309 e. The Hall–Kier alpha value is -1.80. The Balaban J connectivity index is 1.43. The number of halogens is 2. The zero-order valence-electron chi connectivity index (χ0n) is 15.6. The number of benzene rings is 2. The molecule has 0 saturated carbocycles. The van der Waals surface area contributed by atoms with Gasteiger partial charge in [0, 0.05) is 23.1 Å². The zero-order valence-corrected chi connectivity index (χ0v) is 17.9. The summed E-state index contributed by atoms with van der Waals surface area (Å²) in [5.74, 6) is 0.00149. The van der Waals surface area contributed by atoms with Crippen molar-refractivity contribution in [3.05, 3.63) is 58.6 Å². The van der Waals surface area contributed by atoms with Gasteiger partial charge in [0.1, 0.15) is 19.0 Å². The first kappa shape index (κ1) is 21.9.